The predicted molar refractivity (Wildman–Crippen MR) is 114 cm³/mol. The molecule has 1 aliphatic heterocycles. The molecule has 0 fully saturated rings. The lowest BCUT2D eigenvalue weighted by molar-refractivity contribution is -0.137. The third kappa shape index (κ3) is 4.40. The Kier molecular flexibility index (Phi) is 5.74. The summed E-state index contributed by atoms with van der Waals surface area (Å²) in [5.74, 6) is -0.703. The van der Waals surface area contributed by atoms with Gasteiger partial charge >= 0.3 is 6.18 Å². The zero-order valence-corrected chi connectivity index (χ0v) is 17.3. The van der Waals surface area contributed by atoms with E-state index in [0.29, 0.717) is 0 Å². The van der Waals surface area contributed by atoms with Crippen molar-refractivity contribution < 1.29 is 18.0 Å². The van der Waals surface area contributed by atoms with Gasteiger partial charge in [-0.3, -0.25) is 4.79 Å². The van der Waals surface area contributed by atoms with E-state index in [4.69, 9.17) is 0 Å². The van der Waals surface area contributed by atoms with Crippen LogP contribution in [0.25, 0.3) is 5.57 Å². The second-order valence-electron chi connectivity index (χ2n) is 7.78. The fraction of sp³-hybridized carbons (Fsp3) is 0.304. The number of carbonyl (C=O) groups excluding carboxylic acids is 1. The molecule has 1 N–H and O–H groups in total. The van der Waals surface area contributed by atoms with Gasteiger partial charge in [0.2, 0.25) is 0 Å². The van der Waals surface area contributed by atoms with Crippen LogP contribution in [0.15, 0.2) is 53.6 Å². The number of anilines is 1. The third-order valence-electron chi connectivity index (χ3n) is 5.15. The van der Waals surface area contributed by atoms with Gasteiger partial charge in [0, 0.05) is 23.4 Å². The highest BCUT2D eigenvalue weighted by Gasteiger charge is 2.31. The van der Waals surface area contributed by atoms with Crippen LogP contribution in [0.5, 0.6) is 0 Å². The molecule has 0 saturated heterocycles. The lowest BCUT2D eigenvalue weighted by Gasteiger charge is -2.42. The van der Waals surface area contributed by atoms with E-state index >= 15 is 0 Å². The molecule has 3 rings (SSSR count). The molecule has 0 spiro atoms. The highest BCUT2D eigenvalue weighted by molar-refractivity contribution is 5.95. The number of hydrazone groups is 1. The first-order chi connectivity index (χ1) is 14.0. The number of alkyl halides is 3. The number of likely N-dealkylation sites (N-methyl/N-ethyl adjacent to an activating group) is 1. The van der Waals surface area contributed by atoms with E-state index in [0.717, 1.165) is 41.1 Å². The number of benzene rings is 2. The Balaban J connectivity index is 1.77. The zero-order valence-electron chi connectivity index (χ0n) is 17.3. The summed E-state index contributed by atoms with van der Waals surface area (Å²) < 4.78 is 38.4. The average molecular weight is 415 g/mol. The zero-order chi connectivity index (χ0) is 22.1. The fourth-order valence-corrected chi connectivity index (χ4v) is 3.83. The lowest BCUT2D eigenvalue weighted by atomic mass is 9.88. The largest absolute Gasteiger partial charge is 0.416 e. The fourth-order valence-electron chi connectivity index (χ4n) is 3.83. The quantitative estimate of drug-likeness (QED) is 0.530. The molecule has 158 valence electrons. The summed E-state index contributed by atoms with van der Waals surface area (Å²) in [6, 6.07) is 10.1. The van der Waals surface area contributed by atoms with Crippen LogP contribution in [0, 0.1) is 0 Å². The summed E-state index contributed by atoms with van der Waals surface area (Å²) in [6.07, 6.45) is -0.806. The molecule has 0 radical (unpaired) electrons. The van der Waals surface area contributed by atoms with Gasteiger partial charge in [0.15, 0.2) is 0 Å². The molecule has 0 atom stereocenters. The number of rotatable bonds is 4. The Labute approximate surface area is 174 Å². The first-order valence-corrected chi connectivity index (χ1v) is 9.65. The van der Waals surface area contributed by atoms with Crippen LogP contribution in [0.4, 0.5) is 18.9 Å². The summed E-state index contributed by atoms with van der Waals surface area (Å²) in [5.41, 5.74) is 5.38. The normalized spacial score (nSPS) is 15.7. The van der Waals surface area contributed by atoms with Gasteiger partial charge in [-0.25, -0.2) is 5.43 Å². The second-order valence-corrected chi connectivity index (χ2v) is 7.78. The van der Waals surface area contributed by atoms with Gasteiger partial charge in [-0.2, -0.15) is 18.3 Å². The highest BCUT2D eigenvalue weighted by atomic mass is 19.4. The van der Waals surface area contributed by atoms with Crippen LogP contribution in [0.3, 0.4) is 0 Å². The molecule has 4 nitrogen and oxygen atoms in total. The van der Waals surface area contributed by atoms with Gasteiger partial charge in [0.25, 0.3) is 5.91 Å². The van der Waals surface area contributed by atoms with E-state index in [1.165, 1.54) is 18.3 Å². The minimum atomic E-state index is -4.50. The van der Waals surface area contributed by atoms with Crippen molar-refractivity contribution in [3.05, 3.63) is 70.8 Å². The summed E-state index contributed by atoms with van der Waals surface area (Å²) >= 11 is 0. The molecular formula is C23H24F3N3O. The Bertz CT molecular complexity index is 1020. The van der Waals surface area contributed by atoms with Crippen LogP contribution in [-0.4, -0.2) is 24.2 Å². The average Bonchev–Trinajstić information content (AvgIpc) is 2.67. The lowest BCUT2D eigenvalue weighted by Crippen LogP contribution is -2.44. The van der Waals surface area contributed by atoms with Gasteiger partial charge in [-0.15, -0.1) is 0 Å². The van der Waals surface area contributed by atoms with Crippen molar-refractivity contribution >= 4 is 23.4 Å². The van der Waals surface area contributed by atoms with Crippen molar-refractivity contribution in [1.29, 1.82) is 0 Å². The molecule has 0 bridgehead atoms. The van der Waals surface area contributed by atoms with Gasteiger partial charge in [-0.1, -0.05) is 18.2 Å². The van der Waals surface area contributed by atoms with Crippen LogP contribution in [0.2, 0.25) is 0 Å². The number of hydrogen-bond donors (Lipinski definition) is 1. The number of halogens is 3. The van der Waals surface area contributed by atoms with Gasteiger partial charge in [0.05, 0.1) is 17.3 Å². The molecule has 2 aromatic rings. The number of fused-ring (bicyclic) bond motifs is 1. The van der Waals surface area contributed by atoms with Gasteiger partial charge in [-0.05, 0) is 69.2 Å². The molecule has 0 aliphatic carbocycles. The van der Waals surface area contributed by atoms with Crippen molar-refractivity contribution in [3.8, 4) is 0 Å². The van der Waals surface area contributed by atoms with Crippen molar-refractivity contribution in [1.82, 2.24) is 5.43 Å². The number of hydrogen-bond acceptors (Lipinski definition) is 3. The number of allylic oxidation sites excluding steroid dienone is 1. The molecular weight excluding hydrogens is 391 g/mol. The molecule has 0 aromatic heterocycles. The molecule has 1 amide bonds. The Hall–Kier alpha value is -3.09. The monoisotopic (exact) mass is 415 g/mol. The maximum absolute atomic E-state index is 12.8. The molecule has 0 unspecified atom stereocenters. The molecule has 7 heteroatoms. The minimum absolute atomic E-state index is 0.0830. The van der Waals surface area contributed by atoms with Crippen LogP contribution < -0.4 is 10.3 Å². The maximum Gasteiger partial charge on any atom is 0.416 e. The predicted octanol–water partition coefficient (Wildman–Crippen LogP) is 5.49. The number of carbonyl (C=O) groups is 1. The second kappa shape index (κ2) is 7.97. The maximum atomic E-state index is 12.8. The summed E-state index contributed by atoms with van der Waals surface area (Å²) in [5, 5.41) is 3.91. The van der Waals surface area contributed by atoms with Crippen molar-refractivity contribution in [2.75, 3.05) is 11.4 Å². The van der Waals surface area contributed by atoms with Crippen molar-refractivity contribution in [2.24, 2.45) is 5.10 Å². The van der Waals surface area contributed by atoms with Crippen LogP contribution in [-0.2, 0) is 6.18 Å². The Morgan fingerprint density at radius 3 is 2.60 bits per heavy atom. The molecule has 1 aliphatic rings. The number of nitrogens with zero attached hydrogens (tertiary/aromatic N) is 2. The first-order valence-electron chi connectivity index (χ1n) is 9.65. The minimum Gasteiger partial charge on any atom is -0.363 e. The summed E-state index contributed by atoms with van der Waals surface area (Å²) in [6.45, 7) is 9.37. The van der Waals surface area contributed by atoms with Gasteiger partial charge < -0.3 is 4.90 Å². The highest BCUT2D eigenvalue weighted by Crippen LogP contribution is 2.38. The molecule has 0 saturated carbocycles. The topological polar surface area (TPSA) is 44.7 Å². The van der Waals surface area contributed by atoms with Crippen LogP contribution >= 0.6 is 0 Å². The molecule has 2 aromatic carbocycles. The molecule has 30 heavy (non-hydrogen) atoms. The Morgan fingerprint density at radius 1 is 1.20 bits per heavy atom. The number of nitrogens with one attached hydrogen (secondary N) is 1. The standard InChI is InChI=1S/C23H24F3N3O/c1-5-29-20-10-9-16(11-19(20)15(2)13-22(29,3)4)14-27-28-21(30)17-7-6-8-18(12-17)23(24,25)26/h6-14H,5H2,1-4H3,(H,28,30)/b27-14+. The van der Waals surface area contributed by atoms with Crippen molar-refractivity contribution in [3.63, 3.8) is 0 Å². The van der Waals surface area contributed by atoms with E-state index in [-0.39, 0.29) is 11.1 Å². The summed E-state index contributed by atoms with van der Waals surface area (Å²) in [4.78, 5) is 14.5. The summed E-state index contributed by atoms with van der Waals surface area (Å²) in [7, 11) is 0. The van der Waals surface area contributed by atoms with Crippen LogP contribution in [0.1, 0.15) is 54.7 Å². The first kappa shape index (κ1) is 21.6. The van der Waals surface area contributed by atoms with E-state index in [1.54, 1.807) is 0 Å². The van der Waals surface area contributed by atoms with E-state index in [2.05, 4.69) is 49.2 Å². The van der Waals surface area contributed by atoms with E-state index < -0.39 is 17.6 Å². The smallest absolute Gasteiger partial charge is 0.363 e. The van der Waals surface area contributed by atoms with Gasteiger partial charge in [0.1, 0.15) is 0 Å². The number of amides is 1. The SMILES string of the molecule is CCN1c2ccc(/C=N/NC(=O)c3cccc(C(F)(F)F)c3)cc2C(C)=CC1(C)C. The molecule has 1 heterocycles. The van der Waals surface area contributed by atoms with E-state index in [1.807, 2.05) is 18.2 Å². The van der Waals surface area contributed by atoms with E-state index in [9.17, 15) is 18.0 Å². The third-order valence-corrected chi connectivity index (χ3v) is 5.15. The Morgan fingerprint density at radius 2 is 1.93 bits per heavy atom. The van der Waals surface area contributed by atoms with Crippen molar-refractivity contribution in [2.45, 2.75) is 39.4 Å².